The minimum Gasteiger partial charge on any atom is -0.310 e. The van der Waals surface area contributed by atoms with Crippen molar-refractivity contribution < 1.29 is 0 Å². The molecule has 0 atom stereocenters. The Hall–Kier alpha value is -5.82. The van der Waals surface area contributed by atoms with Crippen molar-refractivity contribution >= 4 is 394 Å². The maximum atomic E-state index is 5.81. The Morgan fingerprint density at radius 1 is 0.217 bits per heavy atom. The minimum absolute atomic E-state index is 0.583. The Kier molecular flexibility index (Phi) is 15.7. The summed E-state index contributed by atoms with van der Waals surface area (Å²) in [5.74, 6) is 3.82. The molecule has 10 rings (SSSR count). The summed E-state index contributed by atoms with van der Waals surface area (Å²) < 4.78 is 2.56. The molecule has 0 aliphatic heterocycles. The van der Waals surface area contributed by atoms with E-state index < -0.39 is 0 Å². The van der Waals surface area contributed by atoms with Gasteiger partial charge in [-0.25, -0.2) is 29.9 Å². The molecule has 3 heterocycles. The zero-order valence-electron chi connectivity index (χ0n) is 55.4. The molecular formula is C48H59B28N7. The van der Waals surface area contributed by atoms with Gasteiger partial charge in [-0.1, -0.05) is 76.5 Å². The summed E-state index contributed by atoms with van der Waals surface area (Å²) in [6.07, 6.45) is 0. The number of fused-ring (bicyclic) bond motifs is 3. The highest BCUT2D eigenvalue weighted by atomic mass is 15.1. The molecule has 0 fully saturated rings. The van der Waals surface area contributed by atoms with Gasteiger partial charge < -0.3 is 4.57 Å². The number of aromatic nitrogens is 7. The molecule has 0 aliphatic rings. The fraction of sp³-hybridized carbons (Fsp3) is 0. The van der Waals surface area contributed by atoms with Gasteiger partial charge in [0.05, 0.1) is 5.69 Å². The van der Waals surface area contributed by atoms with Gasteiger partial charge in [0.25, 0.3) is 0 Å². The van der Waals surface area contributed by atoms with E-state index in [0.717, 1.165) is 39.1 Å². The summed E-state index contributed by atoms with van der Waals surface area (Å²) in [7, 11) is 63.0. The zero-order chi connectivity index (χ0) is 60.9. The molecule has 0 spiro atoms. The van der Waals surface area contributed by atoms with Crippen LogP contribution < -0.4 is 153 Å². The minimum atomic E-state index is 0.583. The molecule has 7 nitrogen and oxygen atoms in total. The van der Waals surface area contributed by atoms with Crippen molar-refractivity contribution in [1.82, 2.24) is 34.5 Å². The zero-order valence-corrected chi connectivity index (χ0v) is 55.4. The highest BCUT2D eigenvalue weighted by molar-refractivity contribution is 6.75. The summed E-state index contributed by atoms with van der Waals surface area (Å²) in [5.41, 5.74) is 44.2. The average Bonchev–Trinajstić information content (AvgIpc) is 1.81. The molecule has 0 saturated carbocycles. The van der Waals surface area contributed by atoms with Crippen molar-refractivity contribution in [3.05, 3.63) is 18.2 Å². The van der Waals surface area contributed by atoms with Gasteiger partial charge in [0.1, 0.15) is 220 Å². The first kappa shape index (κ1) is 60.3. The van der Waals surface area contributed by atoms with Crippen LogP contribution in [0.5, 0.6) is 0 Å². The predicted octanol–water partition coefficient (Wildman–Crippen LogP) is -37.6. The predicted molar refractivity (Wildman–Crippen MR) is 449 cm³/mol. The largest absolute Gasteiger partial charge is 0.310 e. The summed E-state index contributed by atoms with van der Waals surface area (Å²) >= 11 is 0. The van der Waals surface area contributed by atoms with Crippen LogP contribution in [0.3, 0.4) is 0 Å². The van der Waals surface area contributed by atoms with Crippen LogP contribution in [0.2, 0.25) is 0 Å². The first-order valence-electron chi connectivity index (χ1n) is 29.8. The van der Waals surface area contributed by atoms with Crippen LogP contribution in [0.25, 0.3) is 95.8 Å². The van der Waals surface area contributed by atoms with Gasteiger partial charge in [-0.3, -0.25) is 0 Å². The van der Waals surface area contributed by atoms with E-state index in [1.54, 1.807) is 0 Å². The molecule has 0 amide bonds. The van der Waals surface area contributed by atoms with E-state index in [-0.39, 0.29) is 0 Å². The molecule has 3 aromatic heterocycles. The molecule has 0 bridgehead atoms. The van der Waals surface area contributed by atoms with Crippen LogP contribution in [0.15, 0.2) is 18.2 Å². The second kappa shape index (κ2) is 21.6. The van der Waals surface area contributed by atoms with Gasteiger partial charge >= 0.3 is 0 Å². The van der Waals surface area contributed by atoms with E-state index in [0.29, 0.717) is 34.9 Å². The van der Waals surface area contributed by atoms with E-state index in [2.05, 4.69) is 242 Å². The van der Waals surface area contributed by atoms with Gasteiger partial charge in [-0.2, -0.15) is 0 Å². The Bertz CT molecular complexity index is 4260. The molecular weight excluding hydrogens is 977 g/mol. The Morgan fingerprint density at radius 2 is 0.434 bits per heavy atom. The van der Waals surface area contributed by atoms with E-state index in [9.17, 15) is 0 Å². The number of hydrogen-bond donors (Lipinski definition) is 0. The standard InChI is InChI=1S/C48H59B28N7/c49-13-7-8-14(50)24(60)38(74)40(76)42(8)83(41(7)39(75)37(73)23(13)59)6-2-1-4(43-77-45(9-15(51)25(61)33(69)26(62)16(9)52)81-46(78-43)10-17(53)27(63)34(70)28(64)18(10)54)3-5(6)44-79-47(11-19(55)29(65)35(71)30(66)20(11)56)82-48(80-44)12-21(57)31(67)36(72)32(68)22(12)58/h1-3H,49-76H2. The van der Waals surface area contributed by atoms with E-state index in [4.69, 9.17) is 29.9 Å². The molecule has 7 aromatic carbocycles. The molecule has 10 aromatic rings. The second-order valence-electron chi connectivity index (χ2n) is 25.1. The lowest BCUT2D eigenvalue weighted by Gasteiger charge is -2.23. The Morgan fingerprint density at radius 3 is 0.711 bits per heavy atom. The first-order valence-corrected chi connectivity index (χ1v) is 29.8. The van der Waals surface area contributed by atoms with Crippen molar-refractivity contribution in [2.45, 2.75) is 0 Å². The lowest BCUT2D eigenvalue weighted by Crippen LogP contribution is -2.55. The van der Waals surface area contributed by atoms with Crippen molar-refractivity contribution in [2.24, 2.45) is 0 Å². The van der Waals surface area contributed by atoms with Crippen LogP contribution in [0.1, 0.15) is 0 Å². The molecule has 0 aliphatic carbocycles. The average molecular weight is 1040 g/mol. The molecule has 0 N–H and O–H groups in total. The number of benzene rings is 7. The van der Waals surface area contributed by atoms with Crippen molar-refractivity contribution in [3.8, 4) is 74.0 Å². The van der Waals surface area contributed by atoms with Gasteiger partial charge in [-0.15, -0.1) is 76.5 Å². The molecule has 0 saturated heterocycles. The summed E-state index contributed by atoms with van der Waals surface area (Å²) in [4.78, 5) is 34.0. The van der Waals surface area contributed by atoms with Crippen molar-refractivity contribution in [2.75, 3.05) is 0 Å². The van der Waals surface area contributed by atoms with Crippen molar-refractivity contribution in [1.29, 1.82) is 0 Å². The Labute approximate surface area is 517 Å². The summed E-state index contributed by atoms with van der Waals surface area (Å²) in [6.45, 7) is 0. The van der Waals surface area contributed by atoms with Crippen LogP contribution in [0.4, 0.5) is 0 Å². The SMILES string of the molecule is Bc1c(B)c(B)c(-c2nc(-c3ccc(-n4c5c(B)c(B)c(B)c(B)c5c5c(B)c(B)c(B)c(B)c54)c(-c4nc(-c5c(B)c(B)c(B)c(B)c5B)nc(-c5c(B)c(B)c(B)c(B)c5B)n4)c3)nc(-c3c(B)c(B)c(B)c(B)c3B)n2)c(B)c1B. The molecule has 0 unspecified atom stereocenters. The van der Waals surface area contributed by atoms with Crippen LogP contribution in [-0.2, 0) is 0 Å². The van der Waals surface area contributed by atoms with Gasteiger partial charge in [0.2, 0.25) is 0 Å². The molecule has 35 heteroatoms. The maximum absolute atomic E-state index is 5.81. The van der Waals surface area contributed by atoms with E-state index >= 15 is 0 Å². The fourth-order valence-electron chi connectivity index (χ4n) is 13.9. The van der Waals surface area contributed by atoms with Crippen LogP contribution >= 0.6 is 0 Å². The van der Waals surface area contributed by atoms with Crippen molar-refractivity contribution in [3.63, 3.8) is 0 Å². The molecule has 0 radical (unpaired) electrons. The quantitative estimate of drug-likeness (QED) is 0.148. The van der Waals surface area contributed by atoms with Crippen LogP contribution in [0, 0.1) is 0 Å². The second-order valence-corrected chi connectivity index (χ2v) is 25.1. The summed E-state index contributed by atoms with van der Waals surface area (Å²) in [6, 6.07) is 6.80. The fourth-order valence-corrected chi connectivity index (χ4v) is 13.9. The molecule has 83 heavy (non-hydrogen) atoms. The lowest BCUT2D eigenvalue weighted by atomic mass is 9.60. The van der Waals surface area contributed by atoms with E-state index in [1.165, 1.54) is 175 Å². The normalized spacial score (nSPS) is 11.5. The highest BCUT2D eigenvalue weighted by Gasteiger charge is 2.29. The summed E-state index contributed by atoms with van der Waals surface area (Å²) in [5, 5.41) is 2.58. The van der Waals surface area contributed by atoms with E-state index in [1.807, 2.05) is 0 Å². The number of hydrogen-bond acceptors (Lipinski definition) is 6. The highest BCUT2D eigenvalue weighted by Crippen LogP contribution is 2.36. The van der Waals surface area contributed by atoms with Gasteiger partial charge in [-0.05, 0) is 29.0 Å². The smallest absolute Gasteiger partial charge is 0.166 e. The Balaban J connectivity index is 1.44. The number of rotatable bonds is 7. The third-order valence-electron chi connectivity index (χ3n) is 21.9. The topological polar surface area (TPSA) is 82.3 Å². The third kappa shape index (κ3) is 9.05. The lowest BCUT2D eigenvalue weighted by molar-refractivity contribution is 1.07. The van der Waals surface area contributed by atoms with Gasteiger partial charge in [0, 0.05) is 44.4 Å². The van der Waals surface area contributed by atoms with Gasteiger partial charge in [0.15, 0.2) is 34.9 Å². The monoisotopic (exact) mass is 1040 g/mol. The maximum Gasteiger partial charge on any atom is 0.166 e. The number of nitrogens with zero attached hydrogens (tertiary/aromatic N) is 7. The molecule has 370 valence electrons. The third-order valence-corrected chi connectivity index (χ3v) is 21.9. The first-order chi connectivity index (χ1) is 38.9. The van der Waals surface area contributed by atoms with Crippen LogP contribution in [-0.4, -0.2) is 254 Å².